The SMILES string of the molecule is C=COC(C)COCCOc1ccc2cc(C3(c4ccc5cc(OCCOCC(C)OC=C)ccc5c4)c4ccccc4-c4ccccc43)ccc2c1. The Morgan fingerprint density at radius 1 is 0.509 bits per heavy atom. The second kappa shape index (κ2) is 16.4. The van der Waals surface area contributed by atoms with Crippen LogP contribution < -0.4 is 9.47 Å². The van der Waals surface area contributed by atoms with Crippen molar-refractivity contribution in [3.63, 3.8) is 0 Å². The molecule has 6 heteroatoms. The first-order chi connectivity index (χ1) is 26.0. The molecule has 0 saturated heterocycles. The molecule has 1 aliphatic rings. The molecule has 0 heterocycles. The van der Waals surface area contributed by atoms with Crippen molar-refractivity contribution in [3.05, 3.63) is 169 Å². The van der Waals surface area contributed by atoms with Crippen molar-refractivity contribution in [1.29, 1.82) is 0 Å². The Morgan fingerprint density at radius 2 is 0.925 bits per heavy atom. The van der Waals surface area contributed by atoms with E-state index in [9.17, 15) is 0 Å². The van der Waals surface area contributed by atoms with Crippen LogP contribution >= 0.6 is 0 Å². The molecule has 270 valence electrons. The summed E-state index contributed by atoms with van der Waals surface area (Å²) in [5, 5.41) is 4.53. The molecule has 0 aliphatic heterocycles. The van der Waals surface area contributed by atoms with Crippen molar-refractivity contribution < 1.29 is 28.4 Å². The van der Waals surface area contributed by atoms with Gasteiger partial charge in [0.15, 0.2) is 0 Å². The minimum absolute atomic E-state index is 0.0408. The molecule has 0 bridgehead atoms. The Bertz CT molecular complexity index is 2050. The van der Waals surface area contributed by atoms with E-state index in [0.717, 1.165) is 33.0 Å². The summed E-state index contributed by atoms with van der Waals surface area (Å²) in [6.07, 6.45) is 2.80. The Kier molecular flexibility index (Phi) is 11.1. The molecule has 2 atom stereocenters. The molecule has 6 aromatic rings. The van der Waals surface area contributed by atoms with Crippen LogP contribution in [0, 0.1) is 0 Å². The van der Waals surface area contributed by atoms with Crippen LogP contribution in [0.1, 0.15) is 36.1 Å². The maximum absolute atomic E-state index is 6.06. The van der Waals surface area contributed by atoms with Gasteiger partial charge in [-0.3, -0.25) is 0 Å². The van der Waals surface area contributed by atoms with Gasteiger partial charge in [-0.25, -0.2) is 0 Å². The van der Waals surface area contributed by atoms with E-state index in [4.69, 9.17) is 28.4 Å². The first-order valence-electron chi connectivity index (χ1n) is 18.2. The lowest BCUT2D eigenvalue weighted by atomic mass is 9.67. The van der Waals surface area contributed by atoms with Gasteiger partial charge in [0.2, 0.25) is 0 Å². The first-order valence-corrected chi connectivity index (χ1v) is 18.2. The minimum Gasteiger partial charge on any atom is -0.497 e. The number of ether oxygens (including phenoxy) is 6. The van der Waals surface area contributed by atoms with E-state index >= 15 is 0 Å². The third kappa shape index (κ3) is 7.52. The maximum atomic E-state index is 6.06. The lowest BCUT2D eigenvalue weighted by Crippen LogP contribution is -2.28. The molecule has 0 N–H and O–H groups in total. The van der Waals surface area contributed by atoms with Crippen LogP contribution in [0.25, 0.3) is 32.7 Å². The third-order valence-electron chi connectivity index (χ3n) is 9.80. The highest BCUT2D eigenvalue weighted by Gasteiger charge is 2.46. The van der Waals surface area contributed by atoms with Crippen LogP contribution in [0.3, 0.4) is 0 Å². The van der Waals surface area contributed by atoms with Crippen LogP contribution in [0.5, 0.6) is 11.5 Å². The predicted octanol–water partition coefficient (Wildman–Crippen LogP) is 10.2. The monoisotopic (exact) mass is 706 g/mol. The van der Waals surface area contributed by atoms with Crippen molar-refractivity contribution in [2.45, 2.75) is 31.5 Å². The summed E-state index contributed by atoms with van der Waals surface area (Å²) in [7, 11) is 0. The van der Waals surface area contributed by atoms with Gasteiger partial charge in [0, 0.05) is 0 Å². The second-order valence-electron chi connectivity index (χ2n) is 13.4. The lowest BCUT2D eigenvalue weighted by molar-refractivity contribution is 0.0254. The van der Waals surface area contributed by atoms with E-state index in [2.05, 4.69) is 122 Å². The van der Waals surface area contributed by atoms with Crippen LogP contribution in [0.15, 0.2) is 147 Å². The van der Waals surface area contributed by atoms with Gasteiger partial charge in [-0.15, -0.1) is 0 Å². The van der Waals surface area contributed by atoms with Gasteiger partial charge in [-0.05, 0) is 105 Å². The number of hydrogen-bond acceptors (Lipinski definition) is 6. The molecule has 7 rings (SSSR count). The number of rotatable bonds is 18. The standard InChI is InChI=1S/C47H46O6/c1-5-50-33(3)31-48-23-25-52-41-21-17-35-27-39(19-15-37(35)29-41)47(45-13-9-7-11-43(45)44-12-8-10-14-46(44)47)40-20-16-38-30-42(22-18-36(38)28-40)53-26-24-49-32-34(4)51-6-2/h5-22,27-30,33-34H,1-2,23-26,31-32H2,3-4H3. The molecule has 6 aromatic carbocycles. The van der Waals surface area contributed by atoms with Crippen LogP contribution in [0.4, 0.5) is 0 Å². The molecule has 0 amide bonds. The molecule has 0 fully saturated rings. The fourth-order valence-electron chi connectivity index (χ4n) is 7.46. The summed E-state index contributed by atoms with van der Waals surface area (Å²) in [4.78, 5) is 0. The van der Waals surface area contributed by atoms with E-state index in [0.29, 0.717) is 39.6 Å². The molecule has 0 radical (unpaired) electrons. The van der Waals surface area contributed by atoms with Gasteiger partial charge in [0.05, 0.1) is 44.4 Å². The zero-order chi connectivity index (χ0) is 36.6. The van der Waals surface area contributed by atoms with E-state index in [1.807, 2.05) is 26.0 Å². The average Bonchev–Trinajstić information content (AvgIpc) is 3.48. The largest absolute Gasteiger partial charge is 0.497 e. The van der Waals surface area contributed by atoms with Gasteiger partial charge in [-0.1, -0.05) is 98.1 Å². The number of benzene rings is 6. The zero-order valence-electron chi connectivity index (χ0n) is 30.5. The second-order valence-corrected chi connectivity index (χ2v) is 13.4. The van der Waals surface area contributed by atoms with Crippen molar-refractivity contribution in [1.82, 2.24) is 0 Å². The summed E-state index contributed by atoms with van der Waals surface area (Å²) >= 11 is 0. The quantitative estimate of drug-likeness (QED) is 0.0654. The Morgan fingerprint density at radius 3 is 1.38 bits per heavy atom. The van der Waals surface area contributed by atoms with Crippen molar-refractivity contribution >= 4 is 21.5 Å². The molecule has 0 spiro atoms. The smallest absolute Gasteiger partial charge is 0.120 e. The van der Waals surface area contributed by atoms with Gasteiger partial charge in [0.1, 0.15) is 36.9 Å². The molecule has 6 nitrogen and oxygen atoms in total. The molecule has 0 aromatic heterocycles. The minimum atomic E-state index is -0.520. The fourth-order valence-corrected chi connectivity index (χ4v) is 7.46. The molecule has 2 unspecified atom stereocenters. The van der Waals surface area contributed by atoms with E-state index in [1.165, 1.54) is 45.9 Å². The topological polar surface area (TPSA) is 55.4 Å². The highest BCUT2D eigenvalue weighted by Crippen LogP contribution is 2.56. The highest BCUT2D eigenvalue weighted by atomic mass is 16.6. The predicted molar refractivity (Wildman–Crippen MR) is 213 cm³/mol. The van der Waals surface area contributed by atoms with Crippen molar-refractivity contribution in [2.24, 2.45) is 0 Å². The Hall–Kier alpha value is -5.56. The molecule has 53 heavy (non-hydrogen) atoms. The maximum Gasteiger partial charge on any atom is 0.120 e. The summed E-state index contributed by atoms with van der Waals surface area (Å²) in [6, 6.07) is 43.9. The van der Waals surface area contributed by atoms with E-state index in [-0.39, 0.29) is 12.2 Å². The number of hydrogen-bond donors (Lipinski definition) is 0. The molecule has 1 aliphatic carbocycles. The van der Waals surface area contributed by atoms with Crippen molar-refractivity contribution in [2.75, 3.05) is 39.6 Å². The van der Waals surface area contributed by atoms with Gasteiger partial charge < -0.3 is 28.4 Å². The Labute approximate surface area is 312 Å². The zero-order valence-corrected chi connectivity index (χ0v) is 30.5. The van der Waals surface area contributed by atoms with Gasteiger partial charge >= 0.3 is 0 Å². The third-order valence-corrected chi connectivity index (χ3v) is 9.80. The number of fused-ring (bicyclic) bond motifs is 5. The normalized spacial score (nSPS) is 13.8. The lowest BCUT2D eigenvalue weighted by Gasteiger charge is -2.34. The molecular formula is C47H46O6. The van der Waals surface area contributed by atoms with Crippen LogP contribution in [0.2, 0.25) is 0 Å². The summed E-state index contributed by atoms with van der Waals surface area (Å²) < 4.78 is 34.1. The van der Waals surface area contributed by atoms with Gasteiger partial charge in [-0.2, -0.15) is 0 Å². The summed E-state index contributed by atoms with van der Waals surface area (Å²) in [5.74, 6) is 1.63. The van der Waals surface area contributed by atoms with Crippen molar-refractivity contribution in [3.8, 4) is 22.6 Å². The molecule has 0 saturated carbocycles. The highest BCUT2D eigenvalue weighted by molar-refractivity contribution is 5.92. The first kappa shape index (κ1) is 35.8. The molecular weight excluding hydrogens is 661 g/mol. The fraction of sp³-hybridized carbons (Fsp3) is 0.234. The van der Waals surface area contributed by atoms with E-state index < -0.39 is 5.41 Å². The van der Waals surface area contributed by atoms with Crippen LogP contribution in [-0.2, 0) is 24.4 Å². The van der Waals surface area contributed by atoms with Crippen LogP contribution in [-0.4, -0.2) is 51.8 Å². The summed E-state index contributed by atoms with van der Waals surface area (Å²) in [6.45, 7) is 13.9. The average molecular weight is 707 g/mol. The van der Waals surface area contributed by atoms with E-state index in [1.54, 1.807) is 0 Å². The Balaban J connectivity index is 1.19. The van der Waals surface area contributed by atoms with Gasteiger partial charge in [0.25, 0.3) is 0 Å². The summed E-state index contributed by atoms with van der Waals surface area (Å²) in [5.41, 5.74) is 6.99.